The Hall–Kier alpha value is -3.49. The van der Waals surface area contributed by atoms with Crippen LogP contribution in [0.25, 0.3) is 0 Å². The van der Waals surface area contributed by atoms with Crippen molar-refractivity contribution in [2.24, 2.45) is 0 Å². The summed E-state index contributed by atoms with van der Waals surface area (Å²) in [4.78, 5) is 21.1. The van der Waals surface area contributed by atoms with Gasteiger partial charge in [0.2, 0.25) is 0 Å². The molecular formula is C20H23N7O2. The second kappa shape index (κ2) is 7.86. The van der Waals surface area contributed by atoms with E-state index in [1.165, 1.54) is 0 Å². The van der Waals surface area contributed by atoms with Crippen molar-refractivity contribution in [2.75, 3.05) is 36.4 Å². The lowest BCUT2D eigenvalue weighted by Crippen LogP contribution is -2.49. The molecule has 0 aromatic carbocycles. The predicted molar refractivity (Wildman–Crippen MR) is 108 cm³/mol. The van der Waals surface area contributed by atoms with Gasteiger partial charge in [-0.25, -0.2) is 4.98 Å². The number of nitrogens with zero attached hydrogens (tertiary/aromatic N) is 6. The normalized spacial score (nSPS) is 14.2. The highest BCUT2D eigenvalue weighted by molar-refractivity contribution is 5.96. The third kappa shape index (κ3) is 4.03. The fourth-order valence-corrected chi connectivity index (χ4v) is 3.39. The van der Waals surface area contributed by atoms with E-state index < -0.39 is 0 Å². The maximum Gasteiger partial charge on any atom is 0.259 e. The van der Waals surface area contributed by atoms with Gasteiger partial charge in [0, 0.05) is 31.9 Å². The number of carbonyl (C=O) groups is 1. The van der Waals surface area contributed by atoms with Crippen molar-refractivity contribution in [3.8, 4) is 0 Å². The summed E-state index contributed by atoms with van der Waals surface area (Å²) in [6.45, 7) is 8.09. The Morgan fingerprint density at radius 1 is 1.00 bits per heavy atom. The van der Waals surface area contributed by atoms with E-state index in [1.54, 1.807) is 13.8 Å². The SMILES string of the molecule is Cc1cccc(Nc2ccc(N3CCN(C(=O)c4c(C)noc4C)CC3)nn2)n1. The number of aryl methyl sites for hydroxylation is 3. The van der Waals surface area contributed by atoms with Gasteiger partial charge in [0.1, 0.15) is 17.1 Å². The van der Waals surface area contributed by atoms with Crippen molar-refractivity contribution >= 4 is 23.4 Å². The molecule has 0 saturated carbocycles. The molecule has 0 aliphatic carbocycles. The standard InChI is InChI=1S/C20H23N7O2/c1-13-5-4-6-16(21-13)22-17-7-8-18(24-23-17)26-9-11-27(12-10-26)20(28)19-14(2)25-29-15(19)3/h4-8H,9-12H2,1-3H3,(H,21,22,23). The Kier molecular flexibility index (Phi) is 5.11. The van der Waals surface area contributed by atoms with E-state index in [1.807, 2.05) is 42.2 Å². The zero-order valence-electron chi connectivity index (χ0n) is 16.7. The second-order valence-corrected chi connectivity index (χ2v) is 7.04. The average Bonchev–Trinajstić information content (AvgIpc) is 3.06. The van der Waals surface area contributed by atoms with Crippen molar-refractivity contribution in [1.29, 1.82) is 0 Å². The molecule has 0 radical (unpaired) electrons. The maximum atomic E-state index is 12.8. The third-order valence-corrected chi connectivity index (χ3v) is 4.93. The average molecular weight is 393 g/mol. The summed E-state index contributed by atoms with van der Waals surface area (Å²) < 4.78 is 5.12. The summed E-state index contributed by atoms with van der Waals surface area (Å²) in [7, 11) is 0. The Morgan fingerprint density at radius 3 is 2.41 bits per heavy atom. The Bertz CT molecular complexity index is 988. The van der Waals surface area contributed by atoms with Crippen molar-refractivity contribution in [3.63, 3.8) is 0 Å². The van der Waals surface area contributed by atoms with Crippen LogP contribution in [0.3, 0.4) is 0 Å². The smallest absolute Gasteiger partial charge is 0.259 e. The molecule has 9 heteroatoms. The number of pyridine rings is 1. The van der Waals surface area contributed by atoms with Crippen molar-refractivity contribution in [3.05, 3.63) is 53.0 Å². The van der Waals surface area contributed by atoms with Gasteiger partial charge in [-0.05, 0) is 45.0 Å². The van der Waals surface area contributed by atoms with Gasteiger partial charge in [-0.3, -0.25) is 4.79 Å². The molecule has 1 N–H and O–H groups in total. The molecule has 0 atom stereocenters. The lowest BCUT2D eigenvalue weighted by molar-refractivity contribution is 0.0744. The van der Waals surface area contributed by atoms with E-state index in [-0.39, 0.29) is 5.91 Å². The van der Waals surface area contributed by atoms with Gasteiger partial charge < -0.3 is 19.6 Å². The third-order valence-electron chi connectivity index (χ3n) is 4.93. The van der Waals surface area contributed by atoms with Crippen molar-refractivity contribution in [2.45, 2.75) is 20.8 Å². The molecule has 3 aromatic rings. The highest BCUT2D eigenvalue weighted by Gasteiger charge is 2.27. The van der Waals surface area contributed by atoms with Crippen molar-refractivity contribution in [1.82, 2.24) is 25.2 Å². The van der Waals surface area contributed by atoms with Crippen LogP contribution < -0.4 is 10.2 Å². The van der Waals surface area contributed by atoms with E-state index in [0.29, 0.717) is 49.0 Å². The molecule has 0 spiro atoms. The lowest BCUT2D eigenvalue weighted by atomic mass is 10.1. The topological polar surface area (TPSA) is 100 Å². The first-order chi connectivity index (χ1) is 14.0. The number of hydrogen-bond acceptors (Lipinski definition) is 8. The zero-order valence-corrected chi connectivity index (χ0v) is 16.7. The molecule has 1 amide bonds. The van der Waals surface area contributed by atoms with Gasteiger partial charge in [-0.1, -0.05) is 11.2 Å². The first kappa shape index (κ1) is 18.9. The molecule has 150 valence electrons. The fourth-order valence-electron chi connectivity index (χ4n) is 3.39. The molecule has 1 saturated heterocycles. The highest BCUT2D eigenvalue weighted by Crippen LogP contribution is 2.19. The van der Waals surface area contributed by atoms with Crippen LogP contribution in [0.15, 0.2) is 34.9 Å². The molecule has 4 rings (SSSR count). The number of nitrogens with one attached hydrogen (secondary N) is 1. The molecule has 0 unspecified atom stereocenters. The number of anilines is 3. The molecule has 9 nitrogen and oxygen atoms in total. The summed E-state index contributed by atoms with van der Waals surface area (Å²) in [6.07, 6.45) is 0. The van der Waals surface area contributed by atoms with Crippen LogP contribution in [0.1, 0.15) is 27.5 Å². The Labute approximate surface area is 168 Å². The van der Waals surface area contributed by atoms with E-state index >= 15 is 0 Å². The van der Waals surface area contributed by atoms with Gasteiger partial charge in [-0.2, -0.15) is 0 Å². The number of aromatic nitrogens is 4. The first-order valence-corrected chi connectivity index (χ1v) is 9.53. The number of rotatable bonds is 4. The Balaban J connectivity index is 1.37. The number of hydrogen-bond donors (Lipinski definition) is 1. The minimum atomic E-state index is -0.0304. The first-order valence-electron chi connectivity index (χ1n) is 9.53. The monoisotopic (exact) mass is 393 g/mol. The number of carbonyl (C=O) groups excluding carboxylic acids is 1. The zero-order chi connectivity index (χ0) is 20.4. The van der Waals surface area contributed by atoms with E-state index in [4.69, 9.17) is 4.52 Å². The van der Waals surface area contributed by atoms with Gasteiger partial charge in [0.15, 0.2) is 11.6 Å². The van der Waals surface area contributed by atoms with Gasteiger partial charge in [-0.15, -0.1) is 10.2 Å². The molecule has 1 aliphatic rings. The van der Waals surface area contributed by atoms with Crippen molar-refractivity contribution < 1.29 is 9.32 Å². The lowest BCUT2D eigenvalue weighted by Gasteiger charge is -2.35. The molecule has 4 heterocycles. The molecule has 0 bridgehead atoms. The number of amides is 1. The van der Waals surface area contributed by atoms with Crippen LogP contribution in [0.2, 0.25) is 0 Å². The minimum absolute atomic E-state index is 0.0304. The van der Waals surface area contributed by atoms with Crippen LogP contribution in [0.4, 0.5) is 17.5 Å². The van der Waals surface area contributed by atoms with Crippen LogP contribution in [0, 0.1) is 20.8 Å². The van der Waals surface area contributed by atoms with Gasteiger partial charge >= 0.3 is 0 Å². The predicted octanol–water partition coefficient (Wildman–Crippen LogP) is 2.49. The summed E-state index contributed by atoms with van der Waals surface area (Å²) in [6, 6.07) is 9.58. The van der Waals surface area contributed by atoms with Gasteiger partial charge in [0.25, 0.3) is 5.91 Å². The number of piperazine rings is 1. The van der Waals surface area contributed by atoms with E-state index in [0.717, 1.165) is 17.3 Å². The quantitative estimate of drug-likeness (QED) is 0.722. The van der Waals surface area contributed by atoms with Crippen LogP contribution in [-0.4, -0.2) is 57.3 Å². The molecule has 29 heavy (non-hydrogen) atoms. The molecule has 3 aromatic heterocycles. The molecule has 1 fully saturated rings. The summed E-state index contributed by atoms with van der Waals surface area (Å²) >= 11 is 0. The molecule has 1 aliphatic heterocycles. The van der Waals surface area contributed by atoms with Crippen LogP contribution in [-0.2, 0) is 0 Å². The Morgan fingerprint density at radius 2 is 1.79 bits per heavy atom. The fraction of sp³-hybridized carbons (Fsp3) is 0.350. The van der Waals surface area contributed by atoms with Crippen LogP contribution in [0.5, 0.6) is 0 Å². The van der Waals surface area contributed by atoms with Crippen LogP contribution >= 0.6 is 0 Å². The minimum Gasteiger partial charge on any atom is -0.361 e. The van der Waals surface area contributed by atoms with E-state index in [9.17, 15) is 4.79 Å². The summed E-state index contributed by atoms with van der Waals surface area (Å²) in [5.41, 5.74) is 2.13. The highest BCUT2D eigenvalue weighted by atomic mass is 16.5. The second-order valence-electron chi connectivity index (χ2n) is 7.04. The summed E-state index contributed by atoms with van der Waals surface area (Å²) in [5.74, 6) is 2.69. The van der Waals surface area contributed by atoms with E-state index in [2.05, 4.69) is 30.6 Å². The summed E-state index contributed by atoms with van der Waals surface area (Å²) in [5, 5.41) is 15.6. The molecular weight excluding hydrogens is 370 g/mol. The largest absolute Gasteiger partial charge is 0.361 e. The maximum absolute atomic E-state index is 12.8. The van der Waals surface area contributed by atoms with Gasteiger partial charge in [0.05, 0.1) is 5.69 Å².